The Kier molecular flexibility index (Phi) is 2.62. The molecule has 0 radical (unpaired) electrons. The van der Waals surface area contributed by atoms with Gasteiger partial charge in [0.05, 0.1) is 6.10 Å². The van der Waals surface area contributed by atoms with Crippen LogP contribution >= 0.6 is 0 Å². The average Bonchev–Trinajstić information content (AvgIpc) is 2.37. The largest absolute Gasteiger partial charge is 0.393 e. The highest BCUT2D eigenvalue weighted by Gasteiger charge is 2.49. The monoisotopic (exact) mass is 218 g/mol. The molecular weight excluding hydrogens is 196 g/mol. The fraction of sp³-hybridized carbons (Fsp3) is 0.600. The molecule has 0 saturated heterocycles. The molecule has 1 heteroatoms. The molecule has 1 nitrogen and oxygen atoms in total. The van der Waals surface area contributed by atoms with E-state index in [2.05, 4.69) is 52.0 Å². The van der Waals surface area contributed by atoms with Crippen molar-refractivity contribution in [3.63, 3.8) is 0 Å². The van der Waals surface area contributed by atoms with Crippen LogP contribution in [0.3, 0.4) is 0 Å². The van der Waals surface area contributed by atoms with Gasteiger partial charge in [-0.15, -0.1) is 0 Å². The second-order valence-corrected chi connectivity index (χ2v) is 6.14. The molecule has 1 fully saturated rings. The molecule has 1 aliphatic rings. The van der Waals surface area contributed by atoms with Crippen molar-refractivity contribution in [1.29, 1.82) is 0 Å². The highest BCUT2D eigenvalue weighted by atomic mass is 16.3. The van der Waals surface area contributed by atoms with E-state index in [0.717, 1.165) is 12.8 Å². The number of aliphatic hydroxyl groups is 1. The molecule has 0 unspecified atom stereocenters. The van der Waals surface area contributed by atoms with Gasteiger partial charge in [-0.1, -0.05) is 50.6 Å². The van der Waals surface area contributed by atoms with Gasteiger partial charge in [0, 0.05) is 5.41 Å². The Hall–Kier alpha value is -0.820. The molecule has 1 aromatic carbocycles. The summed E-state index contributed by atoms with van der Waals surface area (Å²) in [6.45, 7) is 8.93. The van der Waals surface area contributed by atoms with E-state index < -0.39 is 0 Å². The Morgan fingerprint density at radius 3 is 2.06 bits per heavy atom. The topological polar surface area (TPSA) is 20.2 Å². The second kappa shape index (κ2) is 3.59. The first-order chi connectivity index (χ1) is 7.35. The van der Waals surface area contributed by atoms with Crippen LogP contribution in [0.5, 0.6) is 0 Å². The van der Waals surface area contributed by atoms with Crippen LogP contribution in [0, 0.1) is 12.3 Å². The van der Waals surface area contributed by atoms with Crippen LogP contribution < -0.4 is 0 Å². The van der Waals surface area contributed by atoms with Gasteiger partial charge < -0.3 is 5.11 Å². The van der Waals surface area contributed by atoms with Crippen LogP contribution in [0.25, 0.3) is 0 Å². The van der Waals surface area contributed by atoms with Crippen molar-refractivity contribution < 1.29 is 5.11 Å². The third-order valence-electron chi connectivity index (χ3n) is 4.57. The van der Waals surface area contributed by atoms with Crippen molar-refractivity contribution in [3.8, 4) is 0 Å². The lowest BCUT2D eigenvalue weighted by molar-refractivity contribution is 0.168. The molecule has 1 N–H and O–H groups in total. The van der Waals surface area contributed by atoms with Crippen molar-refractivity contribution in [3.05, 3.63) is 35.4 Å². The maximum atomic E-state index is 9.92. The van der Waals surface area contributed by atoms with Crippen molar-refractivity contribution >= 4 is 0 Å². The molecule has 1 aliphatic carbocycles. The Morgan fingerprint density at radius 1 is 1.06 bits per heavy atom. The standard InChI is InChI=1S/C15H22O/c1-11-5-7-12(8-6-11)15(4)10-13(16)9-14(15,2)3/h5-8,13,16H,9-10H2,1-4H3/t13-,15-/m1/s1. The van der Waals surface area contributed by atoms with Gasteiger partial charge in [-0.25, -0.2) is 0 Å². The van der Waals surface area contributed by atoms with Crippen LogP contribution in [0.1, 0.15) is 44.7 Å². The van der Waals surface area contributed by atoms with Crippen LogP contribution in [-0.2, 0) is 5.41 Å². The molecule has 0 bridgehead atoms. The molecular formula is C15H22O. The summed E-state index contributed by atoms with van der Waals surface area (Å²) >= 11 is 0. The van der Waals surface area contributed by atoms with E-state index in [1.165, 1.54) is 11.1 Å². The first-order valence-corrected chi connectivity index (χ1v) is 6.10. The van der Waals surface area contributed by atoms with E-state index in [-0.39, 0.29) is 16.9 Å². The van der Waals surface area contributed by atoms with E-state index in [4.69, 9.17) is 0 Å². The van der Waals surface area contributed by atoms with Crippen LogP contribution in [0.2, 0.25) is 0 Å². The zero-order valence-electron chi connectivity index (χ0n) is 10.7. The van der Waals surface area contributed by atoms with E-state index in [9.17, 15) is 5.11 Å². The van der Waals surface area contributed by atoms with E-state index in [1.54, 1.807) is 0 Å². The third kappa shape index (κ3) is 1.67. The lowest BCUT2D eigenvalue weighted by Crippen LogP contribution is -2.33. The van der Waals surface area contributed by atoms with Crippen molar-refractivity contribution in [1.82, 2.24) is 0 Å². The lowest BCUT2D eigenvalue weighted by Gasteiger charge is -2.38. The second-order valence-electron chi connectivity index (χ2n) is 6.14. The maximum absolute atomic E-state index is 9.92. The molecule has 0 heterocycles. The maximum Gasteiger partial charge on any atom is 0.0554 e. The fourth-order valence-electron chi connectivity index (χ4n) is 3.06. The van der Waals surface area contributed by atoms with Gasteiger partial charge >= 0.3 is 0 Å². The summed E-state index contributed by atoms with van der Waals surface area (Å²) in [4.78, 5) is 0. The zero-order valence-corrected chi connectivity index (χ0v) is 10.7. The molecule has 88 valence electrons. The first-order valence-electron chi connectivity index (χ1n) is 6.10. The number of aliphatic hydroxyl groups excluding tert-OH is 1. The summed E-state index contributed by atoms with van der Waals surface area (Å²) < 4.78 is 0. The Labute approximate surface area is 98.5 Å². The zero-order chi connectivity index (χ0) is 12.0. The van der Waals surface area contributed by atoms with Gasteiger partial charge in [-0.2, -0.15) is 0 Å². The molecule has 0 aliphatic heterocycles. The Bertz CT molecular complexity index is 377. The molecule has 2 atom stereocenters. The van der Waals surface area contributed by atoms with Gasteiger partial charge in [0.2, 0.25) is 0 Å². The van der Waals surface area contributed by atoms with E-state index in [1.807, 2.05) is 0 Å². The predicted molar refractivity (Wildman–Crippen MR) is 67.6 cm³/mol. The lowest BCUT2D eigenvalue weighted by atomic mass is 9.65. The molecule has 2 rings (SSSR count). The minimum absolute atomic E-state index is 0.0973. The number of hydrogen-bond acceptors (Lipinski definition) is 1. The number of benzene rings is 1. The van der Waals surface area contributed by atoms with E-state index in [0.29, 0.717) is 0 Å². The molecule has 0 spiro atoms. The Balaban J connectivity index is 2.42. The normalized spacial score (nSPS) is 32.9. The minimum Gasteiger partial charge on any atom is -0.393 e. The quantitative estimate of drug-likeness (QED) is 0.765. The van der Waals surface area contributed by atoms with Crippen LogP contribution in [0.15, 0.2) is 24.3 Å². The number of hydrogen-bond donors (Lipinski definition) is 1. The Morgan fingerprint density at radius 2 is 1.62 bits per heavy atom. The predicted octanol–water partition coefficient (Wildman–Crippen LogP) is 3.43. The van der Waals surface area contributed by atoms with Crippen molar-refractivity contribution in [2.24, 2.45) is 5.41 Å². The molecule has 1 saturated carbocycles. The summed E-state index contributed by atoms with van der Waals surface area (Å²) in [5, 5.41) is 9.92. The van der Waals surface area contributed by atoms with Gasteiger partial charge in [0.1, 0.15) is 0 Å². The summed E-state index contributed by atoms with van der Waals surface area (Å²) in [5.74, 6) is 0. The van der Waals surface area contributed by atoms with Gasteiger partial charge in [-0.05, 0) is 30.7 Å². The summed E-state index contributed by atoms with van der Waals surface area (Å²) in [6, 6.07) is 8.77. The highest BCUT2D eigenvalue weighted by Crippen LogP contribution is 2.53. The summed E-state index contributed by atoms with van der Waals surface area (Å²) in [6.07, 6.45) is 1.63. The van der Waals surface area contributed by atoms with Gasteiger partial charge in [0.15, 0.2) is 0 Å². The first kappa shape index (κ1) is 11.7. The smallest absolute Gasteiger partial charge is 0.0554 e. The highest BCUT2D eigenvalue weighted by molar-refractivity contribution is 5.32. The minimum atomic E-state index is -0.152. The van der Waals surface area contributed by atoms with Gasteiger partial charge in [0.25, 0.3) is 0 Å². The van der Waals surface area contributed by atoms with Gasteiger partial charge in [-0.3, -0.25) is 0 Å². The summed E-state index contributed by atoms with van der Waals surface area (Å²) in [7, 11) is 0. The van der Waals surface area contributed by atoms with Crippen LogP contribution in [-0.4, -0.2) is 11.2 Å². The average molecular weight is 218 g/mol. The molecule has 0 amide bonds. The van der Waals surface area contributed by atoms with E-state index >= 15 is 0 Å². The third-order valence-corrected chi connectivity index (χ3v) is 4.57. The molecule has 1 aromatic rings. The number of rotatable bonds is 1. The van der Waals surface area contributed by atoms with Crippen LogP contribution in [0.4, 0.5) is 0 Å². The van der Waals surface area contributed by atoms with Crippen molar-refractivity contribution in [2.45, 2.75) is 52.1 Å². The van der Waals surface area contributed by atoms with Crippen molar-refractivity contribution in [2.75, 3.05) is 0 Å². The summed E-state index contributed by atoms with van der Waals surface area (Å²) in [5.41, 5.74) is 2.92. The fourth-order valence-corrected chi connectivity index (χ4v) is 3.06. The number of aryl methyl sites for hydroxylation is 1. The SMILES string of the molecule is Cc1ccc([C@@]2(C)C[C@H](O)CC2(C)C)cc1. The molecule has 16 heavy (non-hydrogen) atoms. The molecule has 0 aromatic heterocycles.